The summed E-state index contributed by atoms with van der Waals surface area (Å²) in [6.45, 7) is 2.02. The minimum Gasteiger partial charge on any atom is -0.509 e. The summed E-state index contributed by atoms with van der Waals surface area (Å²) >= 11 is 6.09. The van der Waals surface area contributed by atoms with Crippen LogP contribution in [0, 0.1) is 12.3 Å². The number of hydrogen-bond acceptors (Lipinski definition) is 4. The molecule has 0 aliphatic carbocycles. The van der Waals surface area contributed by atoms with Crippen molar-refractivity contribution in [2.24, 2.45) is 0 Å². The maximum atomic E-state index is 12.3. The molecule has 0 unspecified atom stereocenters. The van der Waals surface area contributed by atoms with Gasteiger partial charge in [0.15, 0.2) is 0 Å². The average molecular weight is 367 g/mol. The van der Waals surface area contributed by atoms with Gasteiger partial charge in [0.2, 0.25) is 0 Å². The number of H-pyrrole nitrogens is 1. The molecular formula is C19H15ClN4O2. The van der Waals surface area contributed by atoms with E-state index in [1.54, 1.807) is 41.3 Å². The third kappa shape index (κ3) is 2.55. The number of amidine groups is 1. The number of nitrogens with zero attached hydrogens (tertiary/aromatic N) is 2. The molecule has 0 saturated heterocycles. The van der Waals surface area contributed by atoms with Gasteiger partial charge in [0.1, 0.15) is 17.4 Å². The monoisotopic (exact) mass is 366 g/mol. The fourth-order valence-electron chi connectivity index (χ4n) is 3.11. The Bertz CT molecular complexity index is 1150. The second kappa shape index (κ2) is 6.00. The van der Waals surface area contributed by atoms with Gasteiger partial charge in [0.05, 0.1) is 23.0 Å². The number of rotatable bonds is 2. The molecule has 4 rings (SSSR count). The highest BCUT2D eigenvalue weighted by molar-refractivity contribution is 6.32. The van der Waals surface area contributed by atoms with Gasteiger partial charge < -0.3 is 15.0 Å². The third-order valence-corrected chi connectivity index (χ3v) is 4.65. The molecule has 0 atom stereocenters. The Morgan fingerprint density at radius 2 is 2.04 bits per heavy atom. The first kappa shape index (κ1) is 16.4. The summed E-state index contributed by atoms with van der Waals surface area (Å²) in [7, 11) is 0. The SMILES string of the molecule is Cc1ccc(Cl)cc1N1CC(O)=C(c2nc3ccccc3c(=O)[nH]2)C1=N. The molecule has 0 amide bonds. The van der Waals surface area contributed by atoms with Crippen LogP contribution in [-0.4, -0.2) is 27.5 Å². The smallest absolute Gasteiger partial charge is 0.259 e. The molecule has 2 aromatic carbocycles. The Kier molecular flexibility index (Phi) is 3.77. The number of para-hydroxylation sites is 1. The summed E-state index contributed by atoms with van der Waals surface area (Å²) in [6.07, 6.45) is 0. The summed E-state index contributed by atoms with van der Waals surface area (Å²) in [5.41, 5.74) is 2.07. The van der Waals surface area contributed by atoms with E-state index in [9.17, 15) is 9.90 Å². The molecule has 7 heteroatoms. The molecule has 0 bridgehead atoms. The van der Waals surface area contributed by atoms with E-state index in [4.69, 9.17) is 17.0 Å². The van der Waals surface area contributed by atoms with Gasteiger partial charge in [-0.05, 0) is 36.8 Å². The van der Waals surface area contributed by atoms with Crippen LogP contribution in [0.15, 0.2) is 53.0 Å². The Morgan fingerprint density at radius 1 is 1.27 bits per heavy atom. The van der Waals surface area contributed by atoms with E-state index in [-0.39, 0.29) is 35.1 Å². The summed E-state index contributed by atoms with van der Waals surface area (Å²) in [5.74, 6) is 0.220. The maximum absolute atomic E-state index is 12.3. The van der Waals surface area contributed by atoms with Crippen LogP contribution < -0.4 is 10.5 Å². The van der Waals surface area contributed by atoms with Gasteiger partial charge in [0.25, 0.3) is 5.56 Å². The van der Waals surface area contributed by atoms with Crippen LogP contribution in [0.5, 0.6) is 0 Å². The number of halogens is 1. The number of aliphatic hydroxyl groups excluding tert-OH is 1. The first-order valence-electron chi connectivity index (χ1n) is 8.00. The molecule has 0 saturated carbocycles. The largest absolute Gasteiger partial charge is 0.509 e. The molecule has 0 radical (unpaired) electrons. The zero-order valence-electron chi connectivity index (χ0n) is 13.9. The van der Waals surface area contributed by atoms with E-state index < -0.39 is 0 Å². The van der Waals surface area contributed by atoms with Crippen LogP contribution >= 0.6 is 11.6 Å². The molecule has 3 aromatic rings. The average Bonchev–Trinajstić information content (AvgIpc) is 2.91. The summed E-state index contributed by atoms with van der Waals surface area (Å²) in [6, 6.07) is 12.3. The number of aryl methyl sites for hydroxylation is 1. The van der Waals surface area contributed by atoms with Gasteiger partial charge in [-0.1, -0.05) is 29.8 Å². The first-order valence-corrected chi connectivity index (χ1v) is 8.37. The van der Waals surface area contributed by atoms with E-state index in [1.807, 2.05) is 13.0 Å². The maximum Gasteiger partial charge on any atom is 0.259 e. The van der Waals surface area contributed by atoms with Crippen molar-refractivity contribution >= 4 is 39.6 Å². The van der Waals surface area contributed by atoms with Gasteiger partial charge in [-0.2, -0.15) is 0 Å². The zero-order valence-corrected chi connectivity index (χ0v) is 14.6. The normalized spacial score (nSPS) is 14.5. The molecule has 1 aromatic heterocycles. The van der Waals surface area contributed by atoms with Gasteiger partial charge in [-0.15, -0.1) is 0 Å². The van der Waals surface area contributed by atoms with Crippen molar-refractivity contribution in [3.63, 3.8) is 0 Å². The van der Waals surface area contributed by atoms with Gasteiger partial charge in [-0.3, -0.25) is 10.2 Å². The third-order valence-electron chi connectivity index (χ3n) is 4.41. The van der Waals surface area contributed by atoms with Crippen LogP contribution in [0.3, 0.4) is 0 Å². The highest BCUT2D eigenvalue weighted by atomic mass is 35.5. The quantitative estimate of drug-likeness (QED) is 0.645. The first-order chi connectivity index (χ1) is 12.5. The summed E-state index contributed by atoms with van der Waals surface area (Å²) < 4.78 is 0. The van der Waals surface area contributed by atoms with Gasteiger partial charge in [0, 0.05) is 10.7 Å². The lowest BCUT2D eigenvalue weighted by molar-refractivity contribution is 0.411. The number of benzene rings is 2. The molecule has 0 fully saturated rings. The van der Waals surface area contributed by atoms with E-state index in [1.165, 1.54) is 0 Å². The molecule has 2 heterocycles. The predicted octanol–water partition coefficient (Wildman–Crippen LogP) is 3.65. The number of hydrogen-bond donors (Lipinski definition) is 3. The fourth-order valence-corrected chi connectivity index (χ4v) is 3.28. The van der Waals surface area contributed by atoms with E-state index in [2.05, 4.69) is 9.97 Å². The van der Waals surface area contributed by atoms with Crippen molar-refractivity contribution in [2.45, 2.75) is 6.92 Å². The fraction of sp³-hybridized carbons (Fsp3) is 0.105. The van der Waals surface area contributed by atoms with Crippen molar-refractivity contribution in [3.05, 3.63) is 75.0 Å². The Morgan fingerprint density at radius 3 is 2.85 bits per heavy atom. The summed E-state index contributed by atoms with van der Waals surface area (Å²) in [4.78, 5) is 21.1. The number of anilines is 1. The Hall–Kier alpha value is -3.12. The molecule has 6 nitrogen and oxygen atoms in total. The topological polar surface area (TPSA) is 93.1 Å². The number of aromatic nitrogens is 2. The number of nitrogens with one attached hydrogen (secondary N) is 2. The molecule has 26 heavy (non-hydrogen) atoms. The van der Waals surface area contributed by atoms with Crippen molar-refractivity contribution in [1.29, 1.82) is 5.41 Å². The summed E-state index contributed by atoms with van der Waals surface area (Å²) in [5, 5.41) is 20.0. The molecule has 0 spiro atoms. The lowest BCUT2D eigenvalue weighted by Gasteiger charge is -2.21. The zero-order chi connectivity index (χ0) is 18.4. The number of fused-ring (bicyclic) bond motifs is 1. The van der Waals surface area contributed by atoms with Gasteiger partial charge in [-0.25, -0.2) is 4.98 Å². The van der Waals surface area contributed by atoms with Crippen LogP contribution in [0.4, 0.5) is 5.69 Å². The molecule has 3 N–H and O–H groups in total. The highest BCUT2D eigenvalue weighted by Gasteiger charge is 2.32. The van der Waals surface area contributed by atoms with Crippen molar-refractivity contribution in [2.75, 3.05) is 11.4 Å². The molecule has 130 valence electrons. The van der Waals surface area contributed by atoms with Crippen molar-refractivity contribution in [1.82, 2.24) is 9.97 Å². The minimum atomic E-state index is -0.309. The van der Waals surface area contributed by atoms with Crippen LogP contribution in [-0.2, 0) is 0 Å². The lowest BCUT2D eigenvalue weighted by atomic mass is 10.1. The van der Waals surface area contributed by atoms with E-state index in [0.717, 1.165) is 11.3 Å². The molecular weight excluding hydrogens is 352 g/mol. The Balaban J connectivity index is 1.81. The Labute approximate surface area is 153 Å². The second-order valence-electron chi connectivity index (χ2n) is 6.12. The van der Waals surface area contributed by atoms with Crippen LogP contribution in [0.2, 0.25) is 5.02 Å². The predicted molar refractivity (Wildman–Crippen MR) is 103 cm³/mol. The minimum absolute atomic E-state index is 0.0205. The van der Waals surface area contributed by atoms with Crippen LogP contribution in [0.25, 0.3) is 16.5 Å². The molecule has 1 aliphatic rings. The van der Waals surface area contributed by atoms with Gasteiger partial charge >= 0.3 is 0 Å². The number of aromatic amines is 1. The van der Waals surface area contributed by atoms with Crippen molar-refractivity contribution < 1.29 is 5.11 Å². The standard InChI is InChI=1S/C19H15ClN4O2/c1-10-6-7-11(20)8-14(10)24-9-15(25)16(17(24)21)18-22-13-5-3-2-4-12(13)19(26)23-18/h2-8,21,25H,9H2,1H3,(H,22,23,26). The van der Waals surface area contributed by atoms with Crippen molar-refractivity contribution in [3.8, 4) is 0 Å². The molecule has 1 aliphatic heterocycles. The highest BCUT2D eigenvalue weighted by Crippen LogP contribution is 2.33. The van der Waals surface area contributed by atoms with Crippen LogP contribution in [0.1, 0.15) is 11.4 Å². The second-order valence-corrected chi connectivity index (χ2v) is 6.56. The number of aliphatic hydroxyl groups is 1. The van der Waals surface area contributed by atoms with E-state index in [0.29, 0.717) is 15.9 Å². The lowest BCUT2D eigenvalue weighted by Crippen LogP contribution is -2.27. The van der Waals surface area contributed by atoms with E-state index >= 15 is 0 Å².